The average molecular weight is 367 g/mol. The molecule has 0 spiro atoms. The minimum atomic E-state index is -0.345. The average Bonchev–Trinajstić information content (AvgIpc) is 3.07. The summed E-state index contributed by atoms with van der Waals surface area (Å²) in [6, 6.07) is 8.32. The quantitative estimate of drug-likeness (QED) is 0.685. The molecule has 1 aromatic carbocycles. The van der Waals surface area contributed by atoms with Crippen molar-refractivity contribution in [2.75, 3.05) is 20.2 Å². The van der Waals surface area contributed by atoms with Gasteiger partial charge in [0.1, 0.15) is 0 Å². The summed E-state index contributed by atoms with van der Waals surface area (Å²) in [7, 11) is 1.55. The molecule has 27 heavy (non-hydrogen) atoms. The molecule has 0 saturated carbocycles. The molecule has 0 aliphatic carbocycles. The fourth-order valence-corrected chi connectivity index (χ4v) is 4.17. The van der Waals surface area contributed by atoms with Crippen LogP contribution in [0.3, 0.4) is 0 Å². The highest BCUT2D eigenvalue weighted by molar-refractivity contribution is 5.92. The summed E-state index contributed by atoms with van der Waals surface area (Å²) in [5, 5.41) is 4.61. The molecule has 0 amide bonds. The number of halogens is 1. The van der Waals surface area contributed by atoms with Gasteiger partial charge < -0.3 is 15.0 Å². The Morgan fingerprint density at radius 2 is 1.96 bits per heavy atom. The summed E-state index contributed by atoms with van der Waals surface area (Å²) in [6.45, 7) is 6.44. The number of piperidine rings is 1. The first-order valence-corrected chi connectivity index (χ1v) is 9.64. The van der Waals surface area contributed by atoms with Gasteiger partial charge in [0.2, 0.25) is 5.88 Å². The van der Waals surface area contributed by atoms with Gasteiger partial charge >= 0.3 is 0 Å². The van der Waals surface area contributed by atoms with Gasteiger partial charge in [0.15, 0.2) is 5.82 Å². The van der Waals surface area contributed by atoms with Gasteiger partial charge in [-0.3, -0.25) is 0 Å². The number of methoxy groups -OCH3 is 1. The lowest BCUT2D eigenvalue weighted by atomic mass is 9.88. The molecular formula is C22H26FN3O. The molecule has 4 rings (SSSR count). The minimum Gasteiger partial charge on any atom is -0.481 e. The molecule has 1 aliphatic heterocycles. The number of hydrogen-bond donors (Lipinski definition) is 2. The van der Waals surface area contributed by atoms with Gasteiger partial charge in [0, 0.05) is 22.5 Å². The van der Waals surface area contributed by atoms with E-state index in [1.807, 2.05) is 0 Å². The Balaban J connectivity index is 1.87. The summed E-state index contributed by atoms with van der Waals surface area (Å²) >= 11 is 0. The summed E-state index contributed by atoms with van der Waals surface area (Å²) in [5.41, 5.74) is 4.89. The first kappa shape index (κ1) is 18.0. The van der Waals surface area contributed by atoms with E-state index in [0.717, 1.165) is 42.7 Å². The number of H-pyrrole nitrogens is 1. The largest absolute Gasteiger partial charge is 0.481 e. The number of benzene rings is 1. The maximum Gasteiger partial charge on any atom is 0.213 e. The van der Waals surface area contributed by atoms with Crippen LogP contribution in [0.15, 0.2) is 30.5 Å². The van der Waals surface area contributed by atoms with Crippen molar-refractivity contribution < 1.29 is 9.13 Å². The third-order valence-electron chi connectivity index (χ3n) is 5.56. The SMILES string of the molecule is COc1cc(-c2[nH]c3ccc(C4CCNCC4)cc3c2C(C)C)c(F)cn1. The predicted molar refractivity (Wildman–Crippen MR) is 107 cm³/mol. The zero-order valence-electron chi connectivity index (χ0n) is 16.1. The van der Waals surface area contributed by atoms with Crippen LogP contribution < -0.4 is 10.1 Å². The zero-order valence-corrected chi connectivity index (χ0v) is 16.1. The Bertz CT molecular complexity index is 958. The summed E-state index contributed by atoms with van der Waals surface area (Å²) in [5.74, 6) is 0.917. The highest BCUT2D eigenvalue weighted by Crippen LogP contribution is 2.39. The van der Waals surface area contributed by atoms with Crippen LogP contribution in [-0.4, -0.2) is 30.2 Å². The number of aromatic amines is 1. The Kier molecular flexibility index (Phi) is 4.87. The van der Waals surface area contributed by atoms with Gasteiger partial charge in [-0.25, -0.2) is 9.37 Å². The van der Waals surface area contributed by atoms with E-state index in [1.54, 1.807) is 13.2 Å². The normalized spacial score (nSPS) is 15.6. The van der Waals surface area contributed by atoms with Crippen LogP contribution in [0.5, 0.6) is 5.88 Å². The monoisotopic (exact) mass is 367 g/mol. The van der Waals surface area contributed by atoms with Crippen molar-refractivity contribution in [1.29, 1.82) is 0 Å². The van der Waals surface area contributed by atoms with Crippen molar-refractivity contribution in [2.24, 2.45) is 0 Å². The highest BCUT2D eigenvalue weighted by Gasteiger charge is 2.21. The van der Waals surface area contributed by atoms with E-state index in [-0.39, 0.29) is 11.7 Å². The molecule has 142 valence electrons. The van der Waals surface area contributed by atoms with E-state index in [2.05, 4.69) is 47.3 Å². The van der Waals surface area contributed by atoms with Crippen molar-refractivity contribution in [1.82, 2.24) is 15.3 Å². The van der Waals surface area contributed by atoms with Crippen LogP contribution in [0.2, 0.25) is 0 Å². The Morgan fingerprint density at radius 3 is 2.67 bits per heavy atom. The number of nitrogens with zero attached hydrogens (tertiary/aromatic N) is 1. The summed E-state index contributed by atoms with van der Waals surface area (Å²) in [4.78, 5) is 7.42. The van der Waals surface area contributed by atoms with Gasteiger partial charge in [0.05, 0.1) is 19.0 Å². The molecule has 3 heterocycles. The van der Waals surface area contributed by atoms with Crippen molar-refractivity contribution >= 4 is 10.9 Å². The van der Waals surface area contributed by atoms with E-state index in [9.17, 15) is 4.39 Å². The van der Waals surface area contributed by atoms with Crippen LogP contribution >= 0.6 is 0 Å². The van der Waals surface area contributed by atoms with Crippen LogP contribution in [-0.2, 0) is 0 Å². The number of rotatable bonds is 4. The maximum atomic E-state index is 14.6. The van der Waals surface area contributed by atoms with Crippen LogP contribution in [0.4, 0.5) is 4.39 Å². The van der Waals surface area contributed by atoms with Gasteiger partial charge in [-0.15, -0.1) is 0 Å². The first-order chi connectivity index (χ1) is 13.1. The van der Waals surface area contributed by atoms with Crippen LogP contribution in [0.25, 0.3) is 22.2 Å². The molecule has 0 radical (unpaired) electrons. The molecule has 2 aromatic heterocycles. The third-order valence-corrected chi connectivity index (χ3v) is 5.56. The van der Waals surface area contributed by atoms with Gasteiger partial charge in [-0.2, -0.15) is 0 Å². The standard InChI is InChI=1S/C22H26FN3O/c1-13(2)21-17-10-15(14-6-8-24-9-7-14)4-5-19(17)26-22(21)16-11-20(27-3)25-12-18(16)23/h4-5,10-14,24,26H,6-9H2,1-3H3. The van der Waals surface area contributed by atoms with E-state index in [1.165, 1.54) is 17.1 Å². The molecule has 1 aliphatic rings. The molecule has 0 atom stereocenters. The van der Waals surface area contributed by atoms with Crippen molar-refractivity contribution in [3.8, 4) is 17.1 Å². The number of hydrogen-bond acceptors (Lipinski definition) is 3. The number of nitrogens with one attached hydrogen (secondary N) is 2. The molecule has 5 heteroatoms. The molecule has 2 N–H and O–H groups in total. The topological polar surface area (TPSA) is 49.9 Å². The zero-order chi connectivity index (χ0) is 19.0. The molecule has 3 aromatic rings. The predicted octanol–water partition coefficient (Wildman–Crippen LogP) is 4.97. The maximum absolute atomic E-state index is 14.6. The second-order valence-corrected chi connectivity index (χ2v) is 7.60. The summed E-state index contributed by atoms with van der Waals surface area (Å²) < 4.78 is 19.8. The lowest BCUT2D eigenvalue weighted by molar-refractivity contribution is 0.396. The Morgan fingerprint density at radius 1 is 1.19 bits per heavy atom. The fraction of sp³-hybridized carbons (Fsp3) is 0.409. The highest BCUT2D eigenvalue weighted by atomic mass is 19.1. The van der Waals surface area contributed by atoms with Gasteiger partial charge in [0.25, 0.3) is 0 Å². The van der Waals surface area contributed by atoms with Crippen LogP contribution in [0.1, 0.15) is 49.7 Å². The fourth-order valence-electron chi connectivity index (χ4n) is 4.17. The van der Waals surface area contributed by atoms with Crippen molar-refractivity contribution in [2.45, 2.75) is 38.5 Å². The van der Waals surface area contributed by atoms with Crippen LogP contribution in [0, 0.1) is 5.82 Å². The minimum absolute atomic E-state index is 0.260. The second kappa shape index (κ2) is 7.31. The smallest absolute Gasteiger partial charge is 0.213 e. The Hall–Kier alpha value is -2.40. The first-order valence-electron chi connectivity index (χ1n) is 9.64. The van der Waals surface area contributed by atoms with Gasteiger partial charge in [-0.05, 0) is 61.0 Å². The number of aromatic nitrogens is 2. The molecule has 1 fully saturated rings. The van der Waals surface area contributed by atoms with E-state index in [4.69, 9.17) is 4.74 Å². The third kappa shape index (κ3) is 3.32. The molecule has 1 saturated heterocycles. The van der Waals surface area contributed by atoms with E-state index >= 15 is 0 Å². The molecular weight excluding hydrogens is 341 g/mol. The summed E-state index contributed by atoms with van der Waals surface area (Å²) in [6.07, 6.45) is 3.55. The molecule has 0 bridgehead atoms. The van der Waals surface area contributed by atoms with Crippen molar-refractivity contribution in [3.63, 3.8) is 0 Å². The van der Waals surface area contributed by atoms with Crippen molar-refractivity contribution in [3.05, 3.63) is 47.4 Å². The lowest BCUT2D eigenvalue weighted by Crippen LogP contribution is -2.26. The van der Waals surface area contributed by atoms with E-state index < -0.39 is 0 Å². The lowest BCUT2D eigenvalue weighted by Gasteiger charge is -2.23. The number of ether oxygens (including phenoxy) is 1. The number of pyridine rings is 1. The Labute approximate surface area is 159 Å². The molecule has 0 unspecified atom stereocenters. The number of fused-ring (bicyclic) bond motifs is 1. The van der Waals surface area contributed by atoms with Gasteiger partial charge in [-0.1, -0.05) is 19.9 Å². The second-order valence-electron chi connectivity index (χ2n) is 7.60. The van der Waals surface area contributed by atoms with E-state index in [0.29, 0.717) is 17.4 Å². The molecule has 4 nitrogen and oxygen atoms in total.